The molecule has 6 nitrogen and oxygen atoms in total. The Labute approximate surface area is 142 Å². The molecule has 2 aromatic rings. The van der Waals surface area contributed by atoms with Crippen LogP contribution >= 0.6 is 0 Å². The first-order valence-electron chi connectivity index (χ1n) is 8.25. The van der Waals surface area contributed by atoms with Crippen LogP contribution in [-0.2, 0) is 7.05 Å². The summed E-state index contributed by atoms with van der Waals surface area (Å²) < 4.78 is 12.5. The molecule has 1 N–H and O–H groups in total. The van der Waals surface area contributed by atoms with Gasteiger partial charge in [-0.3, -0.25) is 9.58 Å². The molecule has 1 aliphatic rings. The SMILES string of the molecule is COc1ccc(OC)c([C@@H](O)CN2CCC[C@H]2c2cnn(C)c2)c1. The molecule has 6 heteroatoms. The van der Waals surface area contributed by atoms with E-state index < -0.39 is 6.10 Å². The Hall–Kier alpha value is -2.05. The van der Waals surface area contributed by atoms with Crippen LogP contribution in [0.15, 0.2) is 30.6 Å². The zero-order valence-electron chi connectivity index (χ0n) is 14.5. The Balaban J connectivity index is 1.77. The summed E-state index contributed by atoms with van der Waals surface area (Å²) in [5, 5.41) is 15.1. The van der Waals surface area contributed by atoms with Gasteiger partial charge in [-0.2, -0.15) is 5.10 Å². The third kappa shape index (κ3) is 3.39. The smallest absolute Gasteiger partial charge is 0.124 e. The fourth-order valence-corrected chi connectivity index (χ4v) is 3.45. The van der Waals surface area contributed by atoms with Crippen LogP contribution < -0.4 is 9.47 Å². The molecule has 1 aliphatic heterocycles. The van der Waals surface area contributed by atoms with Gasteiger partial charge in [0.05, 0.1) is 26.5 Å². The van der Waals surface area contributed by atoms with Gasteiger partial charge in [0.1, 0.15) is 11.5 Å². The van der Waals surface area contributed by atoms with Gasteiger partial charge in [0.15, 0.2) is 0 Å². The number of aromatic nitrogens is 2. The molecular weight excluding hydrogens is 306 g/mol. The summed E-state index contributed by atoms with van der Waals surface area (Å²) in [5.41, 5.74) is 1.97. The number of benzene rings is 1. The Morgan fingerprint density at radius 2 is 2.17 bits per heavy atom. The summed E-state index contributed by atoms with van der Waals surface area (Å²) in [6.45, 7) is 1.53. The molecule has 1 saturated heterocycles. The van der Waals surface area contributed by atoms with E-state index in [0.29, 0.717) is 18.3 Å². The molecular formula is C18H25N3O3. The number of aliphatic hydroxyl groups excluding tert-OH is 1. The highest BCUT2D eigenvalue weighted by Gasteiger charge is 2.29. The maximum absolute atomic E-state index is 10.8. The molecule has 0 unspecified atom stereocenters. The lowest BCUT2D eigenvalue weighted by Crippen LogP contribution is -2.28. The summed E-state index contributed by atoms with van der Waals surface area (Å²) in [5.74, 6) is 1.40. The number of methoxy groups -OCH3 is 2. The Bertz CT molecular complexity index is 686. The molecule has 0 spiro atoms. The minimum absolute atomic E-state index is 0.310. The second kappa shape index (κ2) is 7.23. The molecule has 1 fully saturated rings. The summed E-state index contributed by atoms with van der Waals surface area (Å²) in [7, 11) is 5.17. The molecule has 1 aromatic heterocycles. The van der Waals surface area contributed by atoms with E-state index in [1.807, 2.05) is 36.1 Å². The van der Waals surface area contributed by atoms with Crippen LogP contribution in [-0.4, -0.2) is 47.1 Å². The van der Waals surface area contributed by atoms with Crippen LogP contribution in [0.5, 0.6) is 11.5 Å². The van der Waals surface area contributed by atoms with E-state index in [1.54, 1.807) is 14.2 Å². The molecule has 2 atom stereocenters. The summed E-state index contributed by atoms with van der Waals surface area (Å²) in [6, 6.07) is 5.83. The van der Waals surface area contributed by atoms with Crippen LogP contribution in [0.2, 0.25) is 0 Å². The second-order valence-corrected chi connectivity index (χ2v) is 6.22. The van der Waals surface area contributed by atoms with Crippen molar-refractivity contribution in [2.45, 2.75) is 25.0 Å². The first-order chi connectivity index (χ1) is 11.6. The Morgan fingerprint density at radius 1 is 1.33 bits per heavy atom. The van der Waals surface area contributed by atoms with Crippen LogP contribution in [0.25, 0.3) is 0 Å². The first-order valence-corrected chi connectivity index (χ1v) is 8.25. The number of hydrogen-bond acceptors (Lipinski definition) is 5. The molecule has 3 rings (SSSR count). The normalized spacial score (nSPS) is 19.4. The maximum atomic E-state index is 10.8. The van der Waals surface area contributed by atoms with Crippen molar-refractivity contribution in [2.24, 2.45) is 7.05 Å². The minimum Gasteiger partial charge on any atom is -0.497 e. The molecule has 0 aliphatic carbocycles. The monoisotopic (exact) mass is 331 g/mol. The van der Waals surface area contributed by atoms with Crippen LogP contribution in [0.1, 0.15) is 36.1 Å². The summed E-state index contributed by atoms with van der Waals surface area (Å²) >= 11 is 0. The average molecular weight is 331 g/mol. The van der Waals surface area contributed by atoms with Gasteiger partial charge in [0, 0.05) is 37.0 Å². The minimum atomic E-state index is -0.632. The number of aryl methyl sites for hydroxylation is 1. The van der Waals surface area contributed by atoms with Crippen molar-refractivity contribution < 1.29 is 14.6 Å². The Morgan fingerprint density at radius 3 is 2.83 bits per heavy atom. The van der Waals surface area contributed by atoms with Crippen molar-refractivity contribution >= 4 is 0 Å². The molecule has 0 amide bonds. The van der Waals surface area contributed by atoms with Gasteiger partial charge in [-0.15, -0.1) is 0 Å². The molecule has 2 heterocycles. The van der Waals surface area contributed by atoms with E-state index in [2.05, 4.69) is 16.2 Å². The number of aliphatic hydroxyl groups is 1. The van der Waals surface area contributed by atoms with E-state index in [4.69, 9.17) is 9.47 Å². The number of likely N-dealkylation sites (tertiary alicyclic amines) is 1. The number of ether oxygens (including phenoxy) is 2. The van der Waals surface area contributed by atoms with Crippen molar-refractivity contribution in [1.29, 1.82) is 0 Å². The molecule has 0 saturated carbocycles. The van der Waals surface area contributed by atoms with Crippen LogP contribution in [0, 0.1) is 0 Å². The lowest BCUT2D eigenvalue weighted by molar-refractivity contribution is 0.104. The van der Waals surface area contributed by atoms with Crippen molar-refractivity contribution in [3.8, 4) is 11.5 Å². The van der Waals surface area contributed by atoms with Gasteiger partial charge in [-0.25, -0.2) is 0 Å². The zero-order valence-corrected chi connectivity index (χ0v) is 14.5. The van der Waals surface area contributed by atoms with Crippen molar-refractivity contribution in [2.75, 3.05) is 27.3 Å². The summed E-state index contributed by atoms with van der Waals surface area (Å²) in [6.07, 6.45) is 5.56. The number of nitrogens with zero attached hydrogens (tertiary/aromatic N) is 3. The molecule has 0 radical (unpaired) electrons. The maximum Gasteiger partial charge on any atom is 0.124 e. The van der Waals surface area contributed by atoms with Crippen LogP contribution in [0.3, 0.4) is 0 Å². The van der Waals surface area contributed by atoms with E-state index in [9.17, 15) is 5.11 Å². The molecule has 130 valence electrons. The van der Waals surface area contributed by atoms with Crippen LogP contribution in [0.4, 0.5) is 0 Å². The fraction of sp³-hybridized carbons (Fsp3) is 0.500. The zero-order chi connectivity index (χ0) is 17.1. The number of β-amino-alcohol motifs (C(OH)–C–C–N with tert-alkyl or cyclic N) is 1. The Kier molecular flexibility index (Phi) is 5.06. The highest BCUT2D eigenvalue weighted by atomic mass is 16.5. The van der Waals surface area contributed by atoms with Gasteiger partial charge in [-0.1, -0.05) is 0 Å². The first kappa shape index (κ1) is 16.8. The fourth-order valence-electron chi connectivity index (χ4n) is 3.45. The van der Waals surface area contributed by atoms with Crippen molar-refractivity contribution in [3.05, 3.63) is 41.7 Å². The molecule has 0 bridgehead atoms. The third-order valence-corrected chi connectivity index (χ3v) is 4.68. The lowest BCUT2D eigenvalue weighted by Gasteiger charge is -2.27. The second-order valence-electron chi connectivity index (χ2n) is 6.22. The molecule has 24 heavy (non-hydrogen) atoms. The van der Waals surface area contributed by atoms with E-state index in [1.165, 1.54) is 5.56 Å². The van der Waals surface area contributed by atoms with Gasteiger partial charge < -0.3 is 14.6 Å². The standard InChI is InChI=1S/C18H25N3O3/c1-20-11-13(10-19-20)16-5-4-8-21(16)12-17(22)15-9-14(23-2)6-7-18(15)24-3/h6-7,9-11,16-17,22H,4-5,8,12H2,1-3H3/t16-,17-/m0/s1. The van der Waals surface area contributed by atoms with Gasteiger partial charge in [0.25, 0.3) is 0 Å². The third-order valence-electron chi connectivity index (χ3n) is 4.68. The largest absolute Gasteiger partial charge is 0.497 e. The average Bonchev–Trinajstić information content (AvgIpc) is 3.22. The number of hydrogen-bond donors (Lipinski definition) is 1. The topological polar surface area (TPSA) is 59.8 Å². The van der Waals surface area contributed by atoms with Gasteiger partial charge >= 0.3 is 0 Å². The van der Waals surface area contributed by atoms with Crippen molar-refractivity contribution in [3.63, 3.8) is 0 Å². The van der Waals surface area contributed by atoms with Gasteiger partial charge in [-0.05, 0) is 37.6 Å². The van der Waals surface area contributed by atoms with E-state index in [-0.39, 0.29) is 0 Å². The quantitative estimate of drug-likeness (QED) is 0.880. The van der Waals surface area contributed by atoms with Crippen molar-refractivity contribution in [1.82, 2.24) is 14.7 Å². The number of rotatable bonds is 6. The summed E-state index contributed by atoms with van der Waals surface area (Å²) in [4.78, 5) is 2.32. The predicted molar refractivity (Wildman–Crippen MR) is 91.3 cm³/mol. The highest BCUT2D eigenvalue weighted by Crippen LogP contribution is 2.35. The van der Waals surface area contributed by atoms with Gasteiger partial charge in [0.2, 0.25) is 0 Å². The molecule has 1 aromatic carbocycles. The van der Waals surface area contributed by atoms with E-state index in [0.717, 1.165) is 30.7 Å². The predicted octanol–water partition coefficient (Wildman–Crippen LogP) is 2.31. The lowest BCUT2D eigenvalue weighted by atomic mass is 10.1. The highest BCUT2D eigenvalue weighted by molar-refractivity contribution is 5.41. The van der Waals surface area contributed by atoms with E-state index >= 15 is 0 Å².